The molecule has 1 heterocycles. The Bertz CT molecular complexity index is 495. The maximum atomic E-state index is 13.0. The van der Waals surface area contributed by atoms with Gasteiger partial charge < -0.3 is 10.2 Å². The third-order valence-corrected chi connectivity index (χ3v) is 4.71. The van der Waals surface area contributed by atoms with E-state index in [-0.39, 0.29) is 18.0 Å². The molecule has 1 atom stereocenters. The molecular weight excluding hydrogens is 307 g/mol. The SMILES string of the molecule is CCC(CC)N(C(=O)c1ccc(Cl)cc1Cl)C1CCNC1. The number of benzene rings is 1. The monoisotopic (exact) mass is 328 g/mol. The first-order valence-electron chi connectivity index (χ1n) is 7.56. The van der Waals surface area contributed by atoms with Crippen molar-refractivity contribution in [2.24, 2.45) is 0 Å². The smallest absolute Gasteiger partial charge is 0.255 e. The molecule has 3 nitrogen and oxygen atoms in total. The van der Waals surface area contributed by atoms with E-state index in [0.717, 1.165) is 32.4 Å². The van der Waals surface area contributed by atoms with Gasteiger partial charge in [0.15, 0.2) is 0 Å². The molecule has 1 fully saturated rings. The van der Waals surface area contributed by atoms with Gasteiger partial charge in [0.05, 0.1) is 10.6 Å². The molecule has 1 N–H and O–H groups in total. The van der Waals surface area contributed by atoms with Gasteiger partial charge in [0.2, 0.25) is 0 Å². The molecule has 116 valence electrons. The molecule has 1 aliphatic rings. The molecule has 0 bridgehead atoms. The zero-order valence-electron chi connectivity index (χ0n) is 12.5. The van der Waals surface area contributed by atoms with E-state index in [9.17, 15) is 4.79 Å². The normalized spacial score (nSPS) is 18.2. The number of carbonyl (C=O) groups excluding carboxylic acids is 1. The average molecular weight is 329 g/mol. The van der Waals surface area contributed by atoms with Crippen LogP contribution in [-0.2, 0) is 0 Å². The third-order valence-electron chi connectivity index (χ3n) is 4.16. The van der Waals surface area contributed by atoms with Crippen LogP contribution in [0.15, 0.2) is 18.2 Å². The Morgan fingerprint density at radius 2 is 2.10 bits per heavy atom. The Balaban J connectivity index is 2.32. The summed E-state index contributed by atoms with van der Waals surface area (Å²) in [7, 11) is 0. The fraction of sp³-hybridized carbons (Fsp3) is 0.562. The van der Waals surface area contributed by atoms with Crippen LogP contribution < -0.4 is 5.32 Å². The van der Waals surface area contributed by atoms with Crippen LogP contribution in [0.1, 0.15) is 43.5 Å². The summed E-state index contributed by atoms with van der Waals surface area (Å²) in [5, 5.41) is 4.31. The second kappa shape index (κ2) is 7.48. The van der Waals surface area contributed by atoms with E-state index in [4.69, 9.17) is 23.2 Å². The van der Waals surface area contributed by atoms with Crippen molar-refractivity contribution < 1.29 is 4.79 Å². The molecule has 0 saturated carbocycles. The molecular formula is C16H22Cl2N2O. The fourth-order valence-electron chi connectivity index (χ4n) is 2.99. The molecule has 0 aliphatic carbocycles. The van der Waals surface area contributed by atoms with Gasteiger partial charge in [0.1, 0.15) is 0 Å². The molecule has 5 heteroatoms. The number of carbonyl (C=O) groups is 1. The number of amides is 1. The van der Waals surface area contributed by atoms with E-state index < -0.39 is 0 Å². The summed E-state index contributed by atoms with van der Waals surface area (Å²) in [6, 6.07) is 5.57. The molecule has 1 unspecified atom stereocenters. The fourth-order valence-corrected chi connectivity index (χ4v) is 3.48. The summed E-state index contributed by atoms with van der Waals surface area (Å²) >= 11 is 12.1. The lowest BCUT2D eigenvalue weighted by Gasteiger charge is -2.35. The van der Waals surface area contributed by atoms with Crippen molar-refractivity contribution in [2.75, 3.05) is 13.1 Å². The van der Waals surface area contributed by atoms with Gasteiger partial charge in [-0.05, 0) is 44.0 Å². The van der Waals surface area contributed by atoms with Gasteiger partial charge in [0.25, 0.3) is 5.91 Å². The lowest BCUT2D eigenvalue weighted by Crippen LogP contribution is -2.48. The summed E-state index contributed by atoms with van der Waals surface area (Å²) in [4.78, 5) is 15.0. The van der Waals surface area contributed by atoms with Crippen LogP contribution in [0, 0.1) is 0 Å². The molecule has 1 aromatic rings. The number of halogens is 2. The van der Waals surface area contributed by atoms with E-state index in [1.54, 1.807) is 18.2 Å². The molecule has 1 amide bonds. The van der Waals surface area contributed by atoms with Crippen molar-refractivity contribution in [1.82, 2.24) is 10.2 Å². The number of hydrogen-bond donors (Lipinski definition) is 1. The Morgan fingerprint density at radius 3 is 2.62 bits per heavy atom. The van der Waals surface area contributed by atoms with E-state index in [1.807, 2.05) is 4.90 Å². The lowest BCUT2D eigenvalue weighted by molar-refractivity contribution is 0.0577. The molecule has 1 saturated heterocycles. The molecule has 0 aromatic heterocycles. The van der Waals surface area contributed by atoms with Gasteiger partial charge in [-0.15, -0.1) is 0 Å². The molecule has 0 radical (unpaired) electrons. The van der Waals surface area contributed by atoms with Crippen LogP contribution in [0.2, 0.25) is 10.0 Å². The van der Waals surface area contributed by atoms with Crippen LogP contribution in [0.25, 0.3) is 0 Å². The topological polar surface area (TPSA) is 32.3 Å². The van der Waals surface area contributed by atoms with Crippen molar-refractivity contribution in [3.8, 4) is 0 Å². The van der Waals surface area contributed by atoms with E-state index in [2.05, 4.69) is 19.2 Å². The van der Waals surface area contributed by atoms with Gasteiger partial charge in [-0.2, -0.15) is 0 Å². The van der Waals surface area contributed by atoms with Crippen molar-refractivity contribution in [2.45, 2.75) is 45.2 Å². The number of rotatable bonds is 5. The highest BCUT2D eigenvalue weighted by atomic mass is 35.5. The Hall–Kier alpha value is -0.770. The Morgan fingerprint density at radius 1 is 1.38 bits per heavy atom. The van der Waals surface area contributed by atoms with Crippen molar-refractivity contribution in [1.29, 1.82) is 0 Å². The molecule has 21 heavy (non-hydrogen) atoms. The van der Waals surface area contributed by atoms with E-state index >= 15 is 0 Å². The summed E-state index contributed by atoms with van der Waals surface area (Å²) in [5.74, 6) is 0.0130. The van der Waals surface area contributed by atoms with Gasteiger partial charge in [-0.3, -0.25) is 4.79 Å². The zero-order valence-corrected chi connectivity index (χ0v) is 14.0. The molecule has 0 spiro atoms. The maximum Gasteiger partial charge on any atom is 0.255 e. The second-order valence-corrected chi connectivity index (χ2v) is 6.30. The largest absolute Gasteiger partial charge is 0.331 e. The first kappa shape index (κ1) is 16.6. The summed E-state index contributed by atoms with van der Waals surface area (Å²) in [6.07, 6.45) is 2.89. The Kier molecular flexibility index (Phi) is 5.91. The van der Waals surface area contributed by atoms with Crippen molar-refractivity contribution in [3.05, 3.63) is 33.8 Å². The summed E-state index contributed by atoms with van der Waals surface area (Å²) in [6.45, 7) is 6.07. The molecule has 1 aliphatic heterocycles. The lowest BCUT2D eigenvalue weighted by atomic mass is 10.0. The van der Waals surface area contributed by atoms with E-state index in [1.165, 1.54) is 0 Å². The average Bonchev–Trinajstić information content (AvgIpc) is 2.97. The third kappa shape index (κ3) is 3.71. The number of hydrogen-bond acceptors (Lipinski definition) is 2. The number of nitrogens with one attached hydrogen (secondary N) is 1. The van der Waals surface area contributed by atoms with Crippen molar-refractivity contribution >= 4 is 29.1 Å². The van der Waals surface area contributed by atoms with Gasteiger partial charge in [0, 0.05) is 23.7 Å². The summed E-state index contributed by atoms with van der Waals surface area (Å²) < 4.78 is 0. The first-order chi connectivity index (χ1) is 10.1. The minimum Gasteiger partial charge on any atom is -0.331 e. The van der Waals surface area contributed by atoms with Gasteiger partial charge in [-0.25, -0.2) is 0 Å². The molecule has 2 rings (SSSR count). The molecule has 1 aromatic carbocycles. The van der Waals surface area contributed by atoms with Crippen molar-refractivity contribution in [3.63, 3.8) is 0 Å². The predicted molar refractivity (Wildman–Crippen MR) is 88.3 cm³/mol. The van der Waals surface area contributed by atoms with Gasteiger partial charge >= 0.3 is 0 Å². The quantitative estimate of drug-likeness (QED) is 0.886. The Labute approximate surface area is 136 Å². The first-order valence-corrected chi connectivity index (χ1v) is 8.32. The van der Waals surface area contributed by atoms with Crippen LogP contribution in [0.5, 0.6) is 0 Å². The zero-order chi connectivity index (χ0) is 15.4. The van der Waals surface area contributed by atoms with E-state index in [0.29, 0.717) is 15.6 Å². The van der Waals surface area contributed by atoms with Crippen LogP contribution in [0.4, 0.5) is 0 Å². The predicted octanol–water partition coefficient (Wildman–Crippen LogP) is 3.99. The minimum atomic E-state index is 0.0130. The summed E-state index contributed by atoms with van der Waals surface area (Å²) in [5.41, 5.74) is 0.542. The number of nitrogens with zero attached hydrogens (tertiary/aromatic N) is 1. The highest BCUT2D eigenvalue weighted by molar-refractivity contribution is 6.36. The minimum absolute atomic E-state index is 0.0130. The van der Waals surface area contributed by atoms with Crippen LogP contribution >= 0.6 is 23.2 Å². The maximum absolute atomic E-state index is 13.0. The standard InChI is InChI=1S/C16H22Cl2N2O/c1-3-12(4-2)20(13-7-8-19-10-13)16(21)14-6-5-11(17)9-15(14)18/h5-6,9,12-13,19H,3-4,7-8,10H2,1-2H3. The second-order valence-electron chi connectivity index (χ2n) is 5.45. The highest BCUT2D eigenvalue weighted by Gasteiger charge is 2.32. The van der Waals surface area contributed by atoms with Crippen LogP contribution in [0.3, 0.4) is 0 Å². The van der Waals surface area contributed by atoms with Gasteiger partial charge in [-0.1, -0.05) is 37.0 Å². The van der Waals surface area contributed by atoms with Crippen LogP contribution in [-0.4, -0.2) is 36.0 Å². The highest BCUT2D eigenvalue weighted by Crippen LogP contribution is 2.26.